The molecule has 3 atom stereocenters. The van der Waals surface area contributed by atoms with E-state index in [9.17, 15) is 29.1 Å². The first-order chi connectivity index (χ1) is 26.8. The quantitative estimate of drug-likeness (QED) is 0.0301. The number of pyridine rings is 1. The fraction of sp³-hybridized carbons (Fsp3) is 0.441. The van der Waals surface area contributed by atoms with Gasteiger partial charge in [-0.05, 0) is 68.2 Å². The number of imidazole rings is 3. The smallest absolute Gasteiger partial charge is 0.332 e. The standard InChI is InChI=1S/C34H47N13O6S2/c48-26(18-42-27(49)19-54-55-28-9-3-6-13-40-28)39-12-8-7-11-35-10-4-1-2-5-14-41-29(23-15-36-20-43-23)32(50)46-30(24-16-37-21-44-24)33(51)47-31(34(52)53)25-17-38-22-45-25/h3,6,9,13,15-17,20-22,29-31,35,41H,1-2,4-5,7-8,10-12,14,18-19H2,(H,36,43)(H,37,44)(H,38,45)(H,39,48)(H,42,49)(H,46,50)(H,47,51)(H,52,53). The van der Waals surface area contributed by atoms with Crippen molar-refractivity contribution in [3.05, 3.63) is 79.1 Å². The van der Waals surface area contributed by atoms with E-state index in [1.165, 1.54) is 53.0 Å². The number of carbonyl (C=O) groups is 5. The number of aliphatic carboxylic acids is 1. The molecule has 21 heteroatoms. The van der Waals surface area contributed by atoms with E-state index in [-0.39, 0.29) is 35.5 Å². The van der Waals surface area contributed by atoms with Crippen molar-refractivity contribution >= 4 is 51.2 Å². The van der Waals surface area contributed by atoms with E-state index in [1.54, 1.807) is 12.4 Å². The molecular formula is C34H47N13O6S2. The van der Waals surface area contributed by atoms with E-state index in [0.717, 1.165) is 56.6 Å². The Bertz CT molecular complexity index is 1710. The number of hydrogen-bond acceptors (Lipinski definition) is 13. The number of carboxylic acid groups (broad SMARTS) is 1. The van der Waals surface area contributed by atoms with E-state index < -0.39 is 35.9 Å². The Balaban J connectivity index is 1.06. The third-order valence-electron chi connectivity index (χ3n) is 7.94. The number of amides is 4. The maximum absolute atomic E-state index is 13.6. The average Bonchev–Trinajstić information content (AvgIpc) is 4.01. The van der Waals surface area contributed by atoms with Gasteiger partial charge >= 0.3 is 5.97 Å². The molecule has 0 aliphatic heterocycles. The Hall–Kier alpha value is -5.25. The Morgan fingerprint density at radius 3 is 1.85 bits per heavy atom. The highest BCUT2D eigenvalue weighted by atomic mass is 33.1. The number of nitrogens with one attached hydrogen (secondary N) is 9. The van der Waals surface area contributed by atoms with Gasteiger partial charge in [0.1, 0.15) is 11.1 Å². The summed E-state index contributed by atoms with van der Waals surface area (Å²) in [5.74, 6) is -2.83. The largest absolute Gasteiger partial charge is 0.479 e. The molecule has 3 unspecified atom stereocenters. The minimum atomic E-state index is -1.45. The van der Waals surface area contributed by atoms with Crippen molar-refractivity contribution < 1.29 is 29.1 Å². The molecular weight excluding hydrogens is 751 g/mol. The van der Waals surface area contributed by atoms with Crippen LogP contribution in [-0.4, -0.2) is 108 Å². The van der Waals surface area contributed by atoms with Crippen LogP contribution in [0.2, 0.25) is 0 Å². The summed E-state index contributed by atoms with van der Waals surface area (Å²) in [5, 5.41) is 27.7. The van der Waals surface area contributed by atoms with Gasteiger partial charge in [-0.15, -0.1) is 0 Å². The third-order valence-corrected chi connectivity index (χ3v) is 10.1. The number of H-pyrrole nitrogens is 3. The lowest BCUT2D eigenvalue weighted by Crippen LogP contribution is -2.47. The van der Waals surface area contributed by atoms with E-state index in [0.29, 0.717) is 18.8 Å². The van der Waals surface area contributed by atoms with Crippen molar-refractivity contribution in [3.8, 4) is 0 Å². The SMILES string of the molecule is O=C(CNC(=O)CSSc1ccccn1)NCCCCNCCCCCCNC(C(=O)NC(C(=O)NC(C(=O)O)c1c[nH]cn1)c1c[nH]cn1)c1c[nH]cn1. The molecule has 4 aromatic rings. The van der Waals surface area contributed by atoms with Crippen LogP contribution < -0.4 is 31.9 Å². The molecule has 55 heavy (non-hydrogen) atoms. The van der Waals surface area contributed by atoms with Crippen LogP contribution in [0.1, 0.15) is 73.7 Å². The molecule has 0 aromatic carbocycles. The van der Waals surface area contributed by atoms with E-state index in [2.05, 4.69) is 66.8 Å². The van der Waals surface area contributed by atoms with Crippen molar-refractivity contribution in [2.45, 2.75) is 61.7 Å². The van der Waals surface area contributed by atoms with Crippen LogP contribution in [0.4, 0.5) is 0 Å². The molecule has 0 aliphatic rings. The van der Waals surface area contributed by atoms with Crippen LogP contribution >= 0.6 is 21.6 Å². The van der Waals surface area contributed by atoms with Gasteiger partial charge in [0.25, 0.3) is 0 Å². The van der Waals surface area contributed by atoms with E-state index in [4.69, 9.17) is 0 Å². The molecule has 19 nitrogen and oxygen atoms in total. The zero-order chi connectivity index (χ0) is 39.1. The highest BCUT2D eigenvalue weighted by Crippen LogP contribution is 2.28. The third kappa shape index (κ3) is 15.6. The number of aromatic nitrogens is 7. The van der Waals surface area contributed by atoms with Crippen LogP contribution in [0.25, 0.3) is 0 Å². The Labute approximate surface area is 325 Å². The monoisotopic (exact) mass is 797 g/mol. The number of hydrogen-bond donors (Lipinski definition) is 10. The molecule has 0 spiro atoms. The summed E-state index contributed by atoms with van der Waals surface area (Å²) in [4.78, 5) is 87.5. The molecule has 0 bridgehead atoms. The summed E-state index contributed by atoms with van der Waals surface area (Å²) < 4.78 is 0. The lowest BCUT2D eigenvalue weighted by atomic mass is 10.1. The van der Waals surface area contributed by atoms with Crippen LogP contribution in [-0.2, 0) is 24.0 Å². The van der Waals surface area contributed by atoms with Crippen LogP contribution in [0.5, 0.6) is 0 Å². The van der Waals surface area contributed by atoms with E-state index in [1.807, 2.05) is 18.2 Å². The van der Waals surface area contributed by atoms with Gasteiger partial charge in [0.15, 0.2) is 12.1 Å². The number of aromatic amines is 3. The summed E-state index contributed by atoms with van der Waals surface area (Å²) in [6.07, 6.45) is 15.6. The van der Waals surface area contributed by atoms with Gasteiger partial charge in [-0.3, -0.25) is 19.2 Å². The Morgan fingerprint density at radius 1 is 0.655 bits per heavy atom. The lowest BCUT2D eigenvalue weighted by Gasteiger charge is -2.22. The van der Waals surface area contributed by atoms with Gasteiger partial charge in [-0.1, -0.05) is 29.7 Å². The molecule has 0 radical (unpaired) electrons. The maximum Gasteiger partial charge on any atom is 0.332 e. The van der Waals surface area contributed by atoms with Gasteiger partial charge in [-0.2, -0.15) is 0 Å². The summed E-state index contributed by atoms with van der Waals surface area (Å²) in [6, 6.07) is 1.95. The van der Waals surface area contributed by atoms with Crippen molar-refractivity contribution in [2.75, 3.05) is 38.5 Å². The second-order valence-electron chi connectivity index (χ2n) is 12.1. The van der Waals surface area contributed by atoms with Crippen LogP contribution in [0.15, 0.2) is 67.0 Å². The fourth-order valence-electron chi connectivity index (χ4n) is 5.14. The minimum absolute atomic E-state index is 0.0480. The fourth-order valence-corrected chi connectivity index (χ4v) is 6.93. The summed E-state index contributed by atoms with van der Waals surface area (Å²) in [6.45, 7) is 2.70. The van der Waals surface area contributed by atoms with Crippen molar-refractivity contribution in [2.24, 2.45) is 0 Å². The predicted octanol–water partition coefficient (Wildman–Crippen LogP) is 1.28. The zero-order valence-electron chi connectivity index (χ0n) is 30.1. The Morgan fingerprint density at radius 2 is 1.24 bits per heavy atom. The predicted molar refractivity (Wildman–Crippen MR) is 205 cm³/mol. The average molecular weight is 798 g/mol. The first-order valence-electron chi connectivity index (χ1n) is 17.8. The van der Waals surface area contributed by atoms with Gasteiger partial charge in [0.05, 0.1) is 48.4 Å². The second kappa shape index (κ2) is 24.2. The summed E-state index contributed by atoms with van der Waals surface area (Å²) in [5.41, 5.74) is 0.718. The minimum Gasteiger partial charge on any atom is -0.479 e. The van der Waals surface area contributed by atoms with Gasteiger partial charge in [0.2, 0.25) is 23.6 Å². The summed E-state index contributed by atoms with van der Waals surface area (Å²) in [7, 11) is 2.78. The van der Waals surface area contributed by atoms with Crippen LogP contribution in [0, 0.1) is 0 Å². The summed E-state index contributed by atoms with van der Waals surface area (Å²) >= 11 is 0. The molecule has 0 aliphatic carbocycles. The number of carboxylic acids is 1. The first-order valence-corrected chi connectivity index (χ1v) is 20.1. The number of rotatable bonds is 27. The van der Waals surface area contributed by atoms with E-state index >= 15 is 0 Å². The molecule has 10 N–H and O–H groups in total. The highest BCUT2D eigenvalue weighted by Gasteiger charge is 2.33. The number of carbonyl (C=O) groups excluding carboxylic acids is 4. The molecule has 4 heterocycles. The van der Waals surface area contributed by atoms with Gasteiger partial charge < -0.3 is 52.0 Å². The lowest BCUT2D eigenvalue weighted by molar-refractivity contribution is -0.142. The zero-order valence-corrected chi connectivity index (χ0v) is 31.7. The Kier molecular flexibility index (Phi) is 18.7. The van der Waals surface area contributed by atoms with Crippen molar-refractivity contribution in [3.63, 3.8) is 0 Å². The topological polar surface area (TPSA) is 277 Å². The van der Waals surface area contributed by atoms with Gasteiger partial charge in [-0.25, -0.2) is 24.7 Å². The molecule has 0 saturated carbocycles. The molecule has 4 aromatic heterocycles. The molecule has 296 valence electrons. The van der Waals surface area contributed by atoms with Crippen molar-refractivity contribution in [1.29, 1.82) is 0 Å². The molecule has 0 fully saturated rings. The van der Waals surface area contributed by atoms with Crippen molar-refractivity contribution in [1.82, 2.24) is 66.8 Å². The van der Waals surface area contributed by atoms with Gasteiger partial charge in [0, 0.05) is 31.3 Å². The van der Waals surface area contributed by atoms with Crippen LogP contribution in [0.3, 0.4) is 0 Å². The normalized spacial score (nSPS) is 12.7. The second-order valence-corrected chi connectivity index (χ2v) is 14.4. The molecule has 0 saturated heterocycles. The molecule has 4 rings (SSSR count). The first kappa shape index (κ1) is 42.5. The number of nitrogens with zero attached hydrogens (tertiary/aromatic N) is 4. The molecule has 4 amide bonds. The highest BCUT2D eigenvalue weighted by molar-refractivity contribution is 8.76. The maximum atomic E-state index is 13.6. The number of unbranched alkanes of at least 4 members (excludes halogenated alkanes) is 4.